The molecule has 27 heavy (non-hydrogen) atoms. The van der Waals surface area contributed by atoms with Gasteiger partial charge in [-0.1, -0.05) is 84.0 Å². The quantitative estimate of drug-likeness (QED) is 0.259. The fourth-order valence-corrected chi connectivity index (χ4v) is 9.84. The Morgan fingerprint density at radius 3 is 2.19 bits per heavy atom. The van der Waals surface area contributed by atoms with Crippen molar-refractivity contribution in [2.45, 2.75) is 83.4 Å². The van der Waals surface area contributed by atoms with E-state index in [-0.39, 0.29) is 11.7 Å². The van der Waals surface area contributed by atoms with Crippen LogP contribution in [-0.4, -0.2) is 33.2 Å². The third kappa shape index (κ3) is 5.54. The molecule has 1 aliphatic rings. The first-order chi connectivity index (χ1) is 12.7. The van der Waals surface area contributed by atoms with Gasteiger partial charge in [0.15, 0.2) is 0 Å². The van der Waals surface area contributed by atoms with Crippen molar-refractivity contribution in [1.29, 1.82) is 0 Å². The molecule has 2 rings (SSSR count). The molecule has 4 heteroatoms. The molecule has 0 amide bonds. The number of hydrogen-bond acceptors (Lipinski definition) is 3. The average molecular weight is 391 g/mol. The maximum Gasteiger partial charge on any atom is 0.200 e. The maximum atomic E-state index is 6.58. The minimum Gasteiger partial charge on any atom is -0.412 e. The summed E-state index contributed by atoms with van der Waals surface area (Å²) in [6.07, 6.45) is 4.44. The van der Waals surface area contributed by atoms with Crippen molar-refractivity contribution >= 4 is 8.32 Å². The largest absolute Gasteiger partial charge is 0.412 e. The Labute approximate surface area is 167 Å². The molecule has 1 fully saturated rings. The van der Waals surface area contributed by atoms with Crippen molar-refractivity contribution in [3.05, 3.63) is 48.0 Å². The number of benzene rings is 1. The Bertz CT molecular complexity index is 575. The fraction of sp³-hybridized carbons (Fsp3) is 0.652. The standard InChI is InChI=1S/C23H38O3Si/c1-18(2)27(19(3)4,20(5)6)25-15-11-14-23(7)22(26-23)17-24-16-21-12-9-8-10-13-21/h8-14,18-20,22H,15-17H2,1-7H3. The summed E-state index contributed by atoms with van der Waals surface area (Å²) in [6, 6.07) is 10.3. The van der Waals surface area contributed by atoms with Gasteiger partial charge in [0.1, 0.15) is 11.7 Å². The normalized spacial score (nSPS) is 23.1. The molecule has 1 aromatic carbocycles. The number of epoxide rings is 1. The number of rotatable bonds is 11. The molecule has 152 valence electrons. The van der Waals surface area contributed by atoms with Gasteiger partial charge in [0.2, 0.25) is 8.32 Å². The van der Waals surface area contributed by atoms with E-state index in [9.17, 15) is 0 Å². The Morgan fingerprint density at radius 2 is 1.63 bits per heavy atom. The summed E-state index contributed by atoms with van der Waals surface area (Å²) in [5.41, 5.74) is 2.81. The highest BCUT2D eigenvalue weighted by Gasteiger charge is 2.50. The zero-order valence-electron chi connectivity index (χ0n) is 18.2. The summed E-state index contributed by atoms with van der Waals surface area (Å²) in [4.78, 5) is 0. The van der Waals surface area contributed by atoms with Crippen molar-refractivity contribution < 1.29 is 13.9 Å². The second-order valence-electron chi connectivity index (χ2n) is 8.82. The van der Waals surface area contributed by atoms with Crippen LogP contribution in [0.25, 0.3) is 0 Å². The van der Waals surface area contributed by atoms with Crippen LogP contribution in [0.3, 0.4) is 0 Å². The van der Waals surface area contributed by atoms with E-state index >= 15 is 0 Å². The third-order valence-electron chi connectivity index (χ3n) is 5.94. The van der Waals surface area contributed by atoms with E-state index in [2.05, 4.69) is 72.8 Å². The minimum atomic E-state index is -1.80. The van der Waals surface area contributed by atoms with E-state index in [4.69, 9.17) is 13.9 Å². The lowest BCUT2D eigenvalue weighted by molar-refractivity contribution is 0.104. The summed E-state index contributed by atoms with van der Waals surface area (Å²) in [7, 11) is -1.80. The van der Waals surface area contributed by atoms with Crippen molar-refractivity contribution in [2.24, 2.45) is 0 Å². The molecule has 1 aromatic rings. The maximum absolute atomic E-state index is 6.58. The van der Waals surface area contributed by atoms with Gasteiger partial charge in [0.25, 0.3) is 0 Å². The SMILES string of the molecule is CC(C)[Si](OCC=CC1(C)OC1COCc1ccccc1)(C(C)C)C(C)C. The van der Waals surface area contributed by atoms with E-state index in [1.807, 2.05) is 18.2 Å². The molecule has 2 unspecified atom stereocenters. The van der Waals surface area contributed by atoms with Gasteiger partial charge in [0.05, 0.1) is 19.8 Å². The lowest BCUT2D eigenvalue weighted by Gasteiger charge is -2.41. The molecule has 1 heterocycles. The van der Waals surface area contributed by atoms with Gasteiger partial charge in [-0.25, -0.2) is 0 Å². The van der Waals surface area contributed by atoms with Crippen LogP contribution >= 0.6 is 0 Å². The molecular formula is C23H38O3Si. The molecule has 0 aromatic heterocycles. The summed E-state index contributed by atoms with van der Waals surface area (Å²) in [5, 5.41) is 0. The predicted molar refractivity (Wildman–Crippen MR) is 116 cm³/mol. The highest BCUT2D eigenvalue weighted by molar-refractivity contribution is 6.77. The Morgan fingerprint density at radius 1 is 1.04 bits per heavy atom. The van der Waals surface area contributed by atoms with Crippen LogP contribution in [0.1, 0.15) is 54.0 Å². The number of hydrogen-bond donors (Lipinski definition) is 0. The van der Waals surface area contributed by atoms with Crippen LogP contribution in [-0.2, 0) is 20.5 Å². The van der Waals surface area contributed by atoms with Gasteiger partial charge in [-0.05, 0) is 29.1 Å². The van der Waals surface area contributed by atoms with Crippen LogP contribution in [0, 0.1) is 0 Å². The second kappa shape index (κ2) is 9.51. The van der Waals surface area contributed by atoms with E-state index in [0.717, 1.165) is 0 Å². The topological polar surface area (TPSA) is 31.0 Å². The molecule has 2 atom stereocenters. The van der Waals surface area contributed by atoms with E-state index in [1.54, 1.807) is 0 Å². The van der Waals surface area contributed by atoms with Gasteiger partial charge in [-0.3, -0.25) is 0 Å². The summed E-state index contributed by atoms with van der Waals surface area (Å²) in [6.45, 7) is 18.0. The Kier molecular flexibility index (Phi) is 7.87. The lowest BCUT2D eigenvalue weighted by Crippen LogP contribution is -2.47. The van der Waals surface area contributed by atoms with Gasteiger partial charge in [0, 0.05) is 0 Å². The molecular weight excluding hydrogens is 352 g/mol. The Hall–Kier alpha value is -0.943. The fourth-order valence-electron chi connectivity index (χ4n) is 4.45. The van der Waals surface area contributed by atoms with Gasteiger partial charge >= 0.3 is 0 Å². The van der Waals surface area contributed by atoms with Crippen LogP contribution in [0.5, 0.6) is 0 Å². The van der Waals surface area contributed by atoms with Crippen LogP contribution < -0.4 is 0 Å². The van der Waals surface area contributed by atoms with E-state index < -0.39 is 8.32 Å². The predicted octanol–water partition coefficient (Wildman–Crippen LogP) is 6.11. The molecule has 1 saturated heterocycles. The van der Waals surface area contributed by atoms with Crippen molar-refractivity contribution in [1.82, 2.24) is 0 Å². The first-order valence-electron chi connectivity index (χ1n) is 10.3. The van der Waals surface area contributed by atoms with Crippen LogP contribution in [0.2, 0.25) is 16.6 Å². The Balaban J connectivity index is 1.79. The van der Waals surface area contributed by atoms with Gasteiger partial charge in [-0.2, -0.15) is 0 Å². The van der Waals surface area contributed by atoms with Gasteiger partial charge < -0.3 is 13.9 Å². The summed E-state index contributed by atoms with van der Waals surface area (Å²) in [5.74, 6) is 0. The first kappa shape index (κ1) is 22.3. The lowest BCUT2D eigenvalue weighted by atomic mass is 10.1. The van der Waals surface area contributed by atoms with Crippen molar-refractivity contribution in [3.8, 4) is 0 Å². The summed E-state index contributed by atoms with van der Waals surface area (Å²) < 4.78 is 18.2. The van der Waals surface area contributed by atoms with Gasteiger partial charge in [-0.15, -0.1) is 0 Å². The van der Waals surface area contributed by atoms with Crippen LogP contribution in [0.15, 0.2) is 42.5 Å². The summed E-state index contributed by atoms with van der Waals surface area (Å²) >= 11 is 0. The van der Waals surface area contributed by atoms with E-state index in [0.29, 0.717) is 36.4 Å². The smallest absolute Gasteiger partial charge is 0.200 e. The number of ether oxygens (including phenoxy) is 2. The third-order valence-corrected chi connectivity index (χ3v) is 12.0. The molecule has 0 bridgehead atoms. The molecule has 0 spiro atoms. The van der Waals surface area contributed by atoms with Crippen molar-refractivity contribution in [2.75, 3.05) is 13.2 Å². The molecule has 3 nitrogen and oxygen atoms in total. The minimum absolute atomic E-state index is 0.139. The zero-order chi connectivity index (χ0) is 20.1. The second-order valence-corrected chi connectivity index (χ2v) is 14.3. The average Bonchev–Trinajstić information content (AvgIpc) is 3.25. The van der Waals surface area contributed by atoms with Crippen molar-refractivity contribution in [3.63, 3.8) is 0 Å². The monoisotopic (exact) mass is 390 g/mol. The molecule has 0 saturated carbocycles. The molecule has 0 aliphatic carbocycles. The van der Waals surface area contributed by atoms with E-state index in [1.165, 1.54) is 5.56 Å². The zero-order valence-corrected chi connectivity index (χ0v) is 19.2. The molecule has 1 aliphatic heterocycles. The highest BCUT2D eigenvalue weighted by atomic mass is 28.4. The van der Waals surface area contributed by atoms with Crippen LogP contribution in [0.4, 0.5) is 0 Å². The molecule has 0 radical (unpaired) electrons. The first-order valence-corrected chi connectivity index (χ1v) is 12.5. The molecule has 0 N–H and O–H groups in total. The highest BCUT2D eigenvalue weighted by Crippen LogP contribution is 2.42.